The minimum Gasteiger partial charge on any atom is -0.361 e. The van der Waals surface area contributed by atoms with Gasteiger partial charge in [-0.1, -0.05) is 19.1 Å². The van der Waals surface area contributed by atoms with E-state index in [2.05, 4.69) is 18.8 Å². The Morgan fingerprint density at radius 2 is 2.17 bits per heavy atom. The fraction of sp³-hybridized carbons (Fsp3) is 0.400. The van der Waals surface area contributed by atoms with Gasteiger partial charge < -0.3 is 9.88 Å². The Morgan fingerprint density at radius 3 is 2.89 bits per heavy atom. The van der Waals surface area contributed by atoms with Crippen LogP contribution in [0.3, 0.4) is 0 Å². The van der Waals surface area contributed by atoms with E-state index in [9.17, 15) is 4.79 Å². The van der Waals surface area contributed by atoms with Crippen molar-refractivity contribution in [2.45, 2.75) is 26.3 Å². The number of H-pyrrole nitrogens is 1. The first-order chi connectivity index (χ1) is 8.66. The molecular formula is C15H18N2O. The third kappa shape index (κ3) is 1.70. The van der Waals surface area contributed by atoms with E-state index in [4.69, 9.17) is 0 Å². The zero-order valence-electron chi connectivity index (χ0n) is 10.8. The van der Waals surface area contributed by atoms with Gasteiger partial charge >= 0.3 is 0 Å². The molecular weight excluding hydrogens is 224 g/mol. The summed E-state index contributed by atoms with van der Waals surface area (Å²) in [7, 11) is 0. The maximum atomic E-state index is 12.6. The summed E-state index contributed by atoms with van der Waals surface area (Å²) < 4.78 is 0. The second-order valence-corrected chi connectivity index (χ2v) is 5.39. The molecule has 2 atom stereocenters. The lowest BCUT2D eigenvalue weighted by atomic mass is 10.1. The Balaban J connectivity index is 1.99. The van der Waals surface area contributed by atoms with Crippen LogP contribution in [0.2, 0.25) is 0 Å². The Bertz CT molecular complexity index is 587. The summed E-state index contributed by atoms with van der Waals surface area (Å²) in [6.07, 6.45) is 2.99. The van der Waals surface area contributed by atoms with Gasteiger partial charge in [-0.25, -0.2) is 0 Å². The highest BCUT2D eigenvalue weighted by Gasteiger charge is 2.31. The Kier molecular flexibility index (Phi) is 2.62. The number of hydrogen-bond acceptors (Lipinski definition) is 1. The van der Waals surface area contributed by atoms with Crippen LogP contribution >= 0.6 is 0 Å². The zero-order valence-corrected chi connectivity index (χ0v) is 10.8. The molecule has 94 valence electrons. The summed E-state index contributed by atoms with van der Waals surface area (Å²) in [6.45, 7) is 5.21. The van der Waals surface area contributed by atoms with Crippen LogP contribution in [0.1, 0.15) is 30.6 Å². The third-order valence-corrected chi connectivity index (χ3v) is 3.86. The van der Waals surface area contributed by atoms with E-state index in [1.165, 1.54) is 0 Å². The fourth-order valence-electron chi connectivity index (χ4n) is 3.00. The quantitative estimate of drug-likeness (QED) is 0.819. The molecule has 2 heterocycles. The average Bonchev–Trinajstić information content (AvgIpc) is 2.94. The van der Waals surface area contributed by atoms with Gasteiger partial charge in [0.05, 0.1) is 11.1 Å². The smallest absolute Gasteiger partial charge is 0.256 e. The van der Waals surface area contributed by atoms with E-state index in [-0.39, 0.29) is 5.91 Å². The first-order valence-corrected chi connectivity index (χ1v) is 6.54. The molecule has 2 aromatic rings. The standard InChI is InChI=1S/C15H18N2O/c1-10-8-11(2)17(9-10)15(18)13-5-3-4-12-6-7-16-14(12)13/h3-7,10-11,16H,8-9H2,1-2H3. The van der Waals surface area contributed by atoms with Gasteiger partial charge in [0.2, 0.25) is 0 Å². The maximum Gasteiger partial charge on any atom is 0.256 e. The number of nitrogens with one attached hydrogen (secondary N) is 1. The van der Waals surface area contributed by atoms with Gasteiger partial charge in [0.1, 0.15) is 0 Å². The number of para-hydroxylation sites is 1. The summed E-state index contributed by atoms with van der Waals surface area (Å²) in [6, 6.07) is 8.24. The van der Waals surface area contributed by atoms with E-state index in [1.807, 2.05) is 35.4 Å². The summed E-state index contributed by atoms with van der Waals surface area (Å²) in [5, 5.41) is 1.10. The topological polar surface area (TPSA) is 36.1 Å². The molecule has 1 saturated heterocycles. The Labute approximate surface area is 107 Å². The SMILES string of the molecule is CC1CC(C)N(C(=O)c2cccc3cc[nH]c23)C1. The lowest BCUT2D eigenvalue weighted by Crippen LogP contribution is -2.34. The lowest BCUT2D eigenvalue weighted by molar-refractivity contribution is 0.0745. The van der Waals surface area contributed by atoms with Crippen LogP contribution < -0.4 is 0 Å². The molecule has 1 aliphatic rings. The first-order valence-electron chi connectivity index (χ1n) is 6.54. The first kappa shape index (κ1) is 11.3. The highest BCUT2D eigenvalue weighted by molar-refractivity contribution is 6.05. The number of aromatic amines is 1. The molecule has 3 rings (SSSR count). The normalized spacial score (nSPS) is 23.8. The summed E-state index contributed by atoms with van der Waals surface area (Å²) in [4.78, 5) is 17.8. The lowest BCUT2D eigenvalue weighted by Gasteiger charge is -2.21. The number of nitrogens with zero attached hydrogens (tertiary/aromatic N) is 1. The Morgan fingerprint density at radius 1 is 1.33 bits per heavy atom. The predicted molar refractivity (Wildman–Crippen MR) is 72.6 cm³/mol. The number of benzene rings is 1. The molecule has 1 N–H and O–H groups in total. The molecule has 0 saturated carbocycles. The molecule has 1 fully saturated rings. The van der Waals surface area contributed by atoms with Gasteiger partial charge in [-0.05, 0) is 31.4 Å². The average molecular weight is 242 g/mol. The summed E-state index contributed by atoms with van der Waals surface area (Å²) in [5.74, 6) is 0.756. The highest BCUT2D eigenvalue weighted by atomic mass is 16.2. The number of carbonyl (C=O) groups excluding carboxylic acids is 1. The van der Waals surface area contributed by atoms with Gasteiger partial charge in [0.15, 0.2) is 0 Å². The monoisotopic (exact) mass is 242 g/mol. The fourth-order valence-corrected chi connectivity index (χ4v) is 3.00. The van der Waals surface area contributed by atoms with E-state index < -0.39 is 0 Å². The maximum absolute atomic E-state index is 12.6. The number of aromatic nitrogens is 1. The van der Waals surface area contributed by atoms with Crippen LogP contribution in [-0.2, 0) is 0 Å². The highest BCUT2D eigenvalue weighted by Crippen LogP contribution is 2.26. The van der Waals surface area contributed by atoms with Crippen LogP contribution in [0, 0.1) is 5.92 Å². The van der Waals surface area contributed by atoms with Crippen molar-refractivity contribution in [3.63, 3.8) is 0 Å². The van der Waals surface area contributed by atoms with Crippen molar-refractivity contribution in [3.8, 4) is 0 Å². The molecule has 1 aliphatic heterocycles. The van der Waals surface area contributed by atoms with Crippen molar-refractivity contribution in [2.24, 2.45) is 5.92 Å². The van der Waals surface area contributed by atoms with E-state index in [0.717, 1.165) is 29.4 Å². The number of carbonyl (C=O) groups is 1. The molecule has 1 amide bonds. The minimum atomic E-state index is 0.153. The van der Waals surface area contributed by atoms with Crippen LogP contribution in [-0.4, -0.2) is 28.4 Å². The van der Waals surface area contributed by atoms with Crippen molar-refractivity contribution in [1.29, 1.82) is 0 Å². The van der Waals surface area contributed by atoms with Gasteiger partial charge in [-0.3, -0.25) is 4.79 Å². The van der Waals surface area contributed by atoms with E-state index in [0.29, 0.717) is 12.0 Å². The molecule has 3 nitrogen and oxygen atoms in total. The number of amides is 1. The largest absolute Gasteiger partial charge is 0.361 e. The second kappa shape index (κ2) is 4.16. The summed E-state index contributed by atoms with van der Waals surface area (Å²) in [5.41, 5.74) is 1.74. The van der Waals surface area contributed by atoms with Gasteiger partial charge in [0.25, 0.3) is 5.91 Å². The van der Waals surface area contributed by atoms with Gasteiger partial charge in [-0.15, -0.1) is 0 Å². The van der Waals surface area contributed by atoms with Crippen molar-refractivity contribution in [2.75, 3.05) is 6.54 Å². The molecule has 0 bridgehead atoms. The van der Waals surface area contributed by atoms with Crippen molar-refractivity contribution >= 4 is 16.8 Å². The minimum absolute atomic E-state index is 0.153. The molecule has 0 spiro atoms. The molecule has 3 heteroatoms. The zero-order chi connectivity index (χ0) is 12.7. The van der Waals surface area contributed by atoms with E-state index in [1.54, 1.807) is 0 Å². The predicted octanol–water partition coefficient (Wildman–Crippen LogP) is 3.04. The van der Waals surface area contributed by atoms with Gasteiger partial charge in [0, 0.05) is 24.2 Å². The van der Waals surface area contributed by atoms with Crippen LogP contribution in [0.15, 0.2) is 30.5 Å². The Hall–Kier alpha value is -1.77. The van der Waals surface area contributed by atoms with Crippen LogP contribution in [0.25, 0.3) is 10.9 Å². The number of fused-ring (bicyclic) bond motifs is 1. The van der Waals surface area contributed by atoms with Crippen molar-refractivity contribution < 1.29 is 4.79 Å². The number of hydrogen-bond donors (Lipinski definition) is 1. The molecule has 18 heavy (non-hydrogen) atoms. The summed E-state index contributed by atoms with van der Waals surface area (Å²) >= 11 is 0. The molecule has 0 radical (unpaired) electrons. The van der Waals surface area contributed by atoms with Crippen molar-refractivity contribution in [3.05, 3.63) is 36.0 Å². The van der Waals surface area contributed by atoms with Crippen molar-refractivity contribution in [1.82, 2.24) is 9.88 Å². The molecule has 2 unspecified atom stereocenters. The number of likely N-dealkylation sites (tertiary alicyclic amines) is 1. The second-order valence-electron chi connectivity index (χ2n) is 5.39. The van der Waals surface area contributed by atoms with Gasteiger partial charge in [-0.2, -0.15) is 0 Å². The third-order valence-electron chi connectivity index (χ3n) is 3.86. The molecule has 1 aromatic carbocycles. The molecule has 1 aromatic heterocycles. The van der Waals surface area contributed by atoms with Crippen LogP contribution in [0.4, 0.5) is 0 Å². The number of rotatable bonds is 1. The molecule has 0 aliphatic carbocycles. The van der Waals surface area contributed by atoms with E-state index >= 15 is 0 Å². The van der Waals surface area contributed by atoms with Crippen LogP contribution in [0.5, 0.6) is 0 Å².